The van der Waals surface area contributed by atoms with Gasteiger partial charge >= 0.3 is 6.18 Å². The molecule has 0 spiro atoms. The molecule has 2 N–H and O–H groups in total. The molecule has 4 heterocycles. The number of fused-ring (bicyclic) bond motifs is 1. The molecule has 0 aliphatic carbocycles. The largest absolute Gasteiger partial charge is 0.408 e. The molecule has 1 fully saturated rings. The average molecular weight is 350 g/mol. The predicted octanol–water partition coefficient (Wildman–Crippen LogP) is 3.97. The van der Waals surface area contributed by atoms with Gasteiger partial charge in [-0.1, -0.05) is 0 Å². The van der Waals surface area contributed by atoms with Crippen molar-refractivity contribution in [2.75, 3.05) is 6.54 Å². The van der Waals surface area contributed by atoms with Crippen molar-refractivity contribution in [2.45, 2.75) is 25.1 Å². The van der Waals surface area contributed by atoms with Gasteiger partial charge in [-0.3, -0.25) is 4.79 Å². The lowest BCUT2D eigenvalue weighted by molar-refractivity contribution is -0.169. The molecule has 3 aromatic rings. The second kappa shape index (κ2) is 5.65. The van der Waals surface area contributed by atoms with Crippen molar-refractivity contribution in [2.24, 2.45) is 0 Å². The van der Waals surface area contributed by atoms with E-state index in [0.717, 1.165) is 21.4 Å². The lowest BCUT2D eigenvalue weighted by atomic mass is 10.1. The second-order valence-corrected chi connectivity index (χ2v) is 6.10. The molecule has 0 bridgehead atoms. The van der Waals surface area contributed by atoms with Crippen LogP contribution in [-0.2, 0) is 0 Å². The molecule has 1 atom stereocenters. The van der Waals surface area contributed by atoms with Crippen LogP contribution in [0.1, 0.15) is 24.8 Å². The molecule has 4 rings (SSSR count). The molecule has 0 aromatic carbocycles. The fraction of sp³-hybridized carbons (Fsp3) is 0.294. The van der Waals surface area contributed by atoms with Gasteiger partial charge in [0.05, 0.1) is 0 Å². The zero-order chi connectivity index (χ0) is 17.6. The molecule has 8 heteroatoms. The molecular formula is C17H17F3N4O. The van der Waals surface area contributed by atoms with Gasteiger partial charge in [0, 0.05) is 37.5 Å². The van der Waals surface area contributed by atoms with E-state index in [2.05, 4.69) is 15.0 Å². The number of carbonyl (C=O) groups is 1. The van der Waals surface area contributed by atoms with E-state index in [1.165, 1.54) is 0 Å². The minimum Gasteiger partial charge on any atom is -0.357 e. The highest BCUT2D eigenvalue weighted by molar-refractivity contribution is 5.97. The molecule has 1 amide bonds. The lowest BCUT2D eigenvalue weighted by Gasteiger charge is -2.26. The van der Waals surface area contributed by atoms with E-state index in [1.54, 1.807) is 24.7 Å². The minimum absolute atomic E-state index is 0. The van der Waals surface area contributed by atoms with E-state index in [0.29, 0.717) is 12.1 Å². The highest BCUT2D eigenvalue weighted by Gasteiger charge is 2.48. The maximum atomic E-state index is 13.1. The summed E-state index contributed by atoms with van der Waals surface area (Å²) >= 11 is 0. The number of carbonyl (C=O) groups excluding carboxylic acids is 1. The van der Waals surface area contributed by atoms with Crippen molar-refractivity contribution in [3.63, 3.8) is 0 Å². The Bertz CT molecular complexity index is 933. The summed E-state index contributed by atoms with van der Waals surface area (Å²) in [6.45, 7) is 0.120. The number of nitrogens with one attached hydrogen (secondary N) is 2. The number of amides is 1. The maximum Gasteiger partial charge on any atom is 0.408 e. The standard InChI is InChI=1S/C17H15F3N4O.H2/c18-17(19,20)14-2-1-7-24(14)16(25)13-8-10(9-23-13)11-3-5-21-15-12(11)4-6-22-15;/h3-6,8-9,14,23H,1-2,7H2,(H,21,22);1H. The zero-order valence-corrected chi connectivity index (χ0v) is 13.1. The monoisotopic (exact) mass is 350 g/mol. The number of nitrogens with zero attached hydrogens (tertiary/aromatic N) is 2. The van der Waals surface area contributed by atoms with Crippen LogP contribution in [0.4, 0.5) is 13.2 Å². The molecule has 1 aliphatic rings. The summed E-state index contributed by atoms with van der Waals surface area (Å²) < 4.78 is 39.2. The van der Waals surface area contributed by atoms with Crippen LogP contribution in [-0.4, -0.2) is 44.5 Å². The molecule has 0 radical (unpaired) electrons. The van der Waals surface area contributed by atoms with Gasteiger partial charge in [0.15, 0.2) is 0 Å². The molecule has 3 aromatic heterocycles. The number of likely N-dealkylation sites (tertiary alicyclic amines) is 1. The summed E-state index contributed by atoms with van der Waals surface area (Å²) in [5.41, 5.74) is 2.46. The van der Waals surface area contributed by atoms with Crippen LogP contribution in [0.15, 0.2) is 36.8 Å². The Morgan fingerprint density at radius 1 is 1.32 bits per heavy atom. The van der Waals surface area contributed by atoms with Gasteiger partial charge in [0.1, 0.15) is 17.4 Å². The number of hydrogen-bond donors (Lipinski definition) is 2. The van der Waals surface area contributed by atoms with Crippen molar-refractivity contribution in [1.82, 2.24) is 19.9 Å². The fourth-order valence-corrected chi connectivity index (χ4v) is 3.39. The second-order valence-electron chi connectivity index (χ2n) is 6.10. The number of aromatic amines is 2. The van der Waals surface area contributed by atoms with Gasteiger partial charge in [-0.05, 0) is 36.6 Å². The van der Waals surface area contributed by atoms with Crippen molar-refractivity contribution in [3.05, 3.63) is 42.5 Å². The minimum atomic E-state index is -4.40. The highest BCUT2D eigenvalue weighted by Crippen LogP contribution is 2.34. The SMILES string of the molecule is O=C(c1cc(-c2ccnc3[nH]ccc23)c[nH]1)N1CCCC1C(F)(F)F.[HH]. The topological polar surface area (TPSA) is 64.8 Å². The summed E-state index contributed by atoms with van der Waals surface area (Å²) in [5.74, 6) is -0.620. The average Bonchev–Trinajstić information content (AvgIpc) is 3.30. The molecule has 1 saturated heterocycles. The number of rotatable bonds is 2. The quantitative estimate of drug-likeness (QED) is 0.734. The first-order valence-corrected chi connectivity index (χ1v) is 7.94. The third-order valence-electron chi connectivity index (χ3n) is 4.58. The van der Waals surface area contributed by atoms with Crippen molar-refractivity contribution >= 4 is 16.9 Å². The first-order chi connectivity index (χ1) is 11.9. The first kappa shape index (κ1) is 15.7. The van der Waals surface area contributed by atoms with Gasteiger partial charge in [-0.25, -0.2) is 4.98 Å². The highest BCUT2D eigenvalue weighted by atomic mass is 19.4. The molecule has 5 nitrogen and oxygen atoms in total. The fourth-order valence-electron chi connectivity index (χ4n) is 3.39. The van der Waals surface area contributed by atoms with Gasteiger partial charge in [-0.2, -0.15) is 13.2 Å². The van der Waals surface area contributed by atoms with E-state index in [-0.39, 0.29) is 20.1 Å². The Hall–Kier alpha value is -2.77. The Labute approximate surface area is 142 Å². The predicted molar refractivity (Wildman–Crippen MR) is 88.1 cm³/mol. The third kappa shape index (κ3) is 2.67. The summed E-state index contributed by atoms with van der Waals surface area (Å²) in [6, 6.07) is 3.56. The Kier molecular flexibility index (Phi) is 3.55. The Morgan fingerprint density at radius 3 is 2.96 bits per heavy atom. The Morgan fingerprint density at radius 2 is 2.16 bits per heavy atom. The van der Waals surface area contributed by atoms with E-state index < -0.39 is 18.1 Å². The normalized spacial score (nSPS) is 18.2. The van der Waals surface area contributed by atoms with Crippen LogP contribution in [0.5, 0.6) is 0 Å². The van der Waals surface area contributed by atoms with Crippen LogP contribution in [0, 0.1) is 0 Å². The molecule has 1 aliphatic heterocycles. The lowest BCUT2D eigenvalue weighted by Crippen LogP contribution is -2.44. The van der Waals surface area contributed by atoms with E-state index >= 15 is 0 Å². The van der Waals surface area contributed by atoms with Crippen LogP contribution in [0.2, 0.25) is 0 Å². The molecule has 25 heavy (non-hydrogen) atoms. The van der Waals surface area contributed by atoms with Crippen LogP contribution in [0.25, 0.3) is 22.2 Å². The van der Waals surface area contributed by atoms with E-state index in [4.69, 9.17) is 0 Å². The molecule has 0 saturated carbocycles. The van der Waals surface area contributed by atoms with Gasteiger partial charge < -0.3 is 14.9 Å². The zero-order valence-electron chi connectivity index (χ0n) is 13.1. The van der Waals surface area contributed by atoms with Crippen LogP contribution in [0.3, 0.4) is 0 Å². The van der Waals surface area contributed by atoms with Gasteiger partial charge in [0.25, 0.3) is 5.91 Å². The van der Waals surface area contributed by atoms with Gasteiger partial charge in [0.2, 0.25) is 0 Å². The first-order valence-electron chi connectivity index (χ1n) is 7.94. The number of H-pyrrole nitrogens is 2. The number of hydrogen-bond acceptors (Lipinski definition) is 2. The van der Waals surface area contributed by atoms with Crippen molar-refractivity contribution in [1.29, 1.82) is 0 Å². The number of alkyl halides is 3. The summed E-state index contributed by atoms with van der Waals surface area (Å²) in [6.07, 6.45) is 0.952. The third-order valence-corrected chi connectivity index (χ3v) is 4.58. The van der Waals surface area contributed by atoms with E-state index in [9.17, 15) is 18.0 Å². The summed E-state index contributed by atoms with van der Waals surface area (Å²) in [5, 5.41) is 0.884. The van der Waals surface area contributed by atoms with E-state index in [1.807, 2.05) is 12.1 Å². The maximum absolute atomic E-state index is 13.1. The van der Waals surface area contributed by atoms with Crippen LogP contribution >= 0.6 is 0 Å². The Balaban J connectivity index is 0.00000196. The molecule has 1 unspecified atom stereocenters. The number of aromatic nitrogens is 3. The molecule has 132 valence electrons. The van der Waals surface area contributed by atoms with Gasteiger partial charge in [-0.15, -0.1) is 0 Å². The van der Waals surface area contributed by atoms with Crippen LogP contribution < -0.4 is 0 Å². The van der Waals surface area contributed by atoms with Crippen molar-refractivity contribution in [3.8, 4) is 11.1 Å². The molecular weight excluding hydrogens is 333 g/mol. The number of halogens is 3. The smallest absolute Gasteiger partial charge is 0.357 e. The number of pyridine rings is 1. The summed E-state index contributed by atoms with van der Waals surface area (Å²) in [7, 11) is 0. The van der Waals surface area contributed by atoms with Crippen molar-refractivity contribution < 1.29 is 19.4 Å². The summed E-state index contributed by atoms with van der Waals surface area (Å²) in [4.78, 5) is 23.5.